The highest BCUT2D eigenvalue weighted by atomic mass is 19.2. The first-order valence-electron chi connectivity index (χ1n) is 8.31. The van der Waals surface area contributed by atoms with E-state index in [9.17, 15) is 22.8 Å². The molecule has 2 aromatic carbocycles. The van der Waals surface area contributed by atoms with Gasteiger partial charge < -0.3 is 10.6 Å². The van der Waals surface area contributed by atoms with E-state index in [1.165, 1.54) is 24.3 Å². The molecule has 7 heteroatoms. The average Bonchev–Trinajstić information content (AvgIpc) is 3.11. The molecule has 1 fully saturated rings. The number of carbonyl (C=O) groups is 2. The van der Waals surface area contributed by atoms with Gasteiger partial charge in [-0.15, -0.1) is 0 Å². The number of carbonyl (C=O) groups excluding carboxylic acids is 2. The van der Waals surface area contributed by atoms with Gasteiger partial charge in [-0.2, -0.15) is 0 Å². The molecule has 2 aromatic rings. The van der Waals surface area contributed by atoms with Gasteiger partial charge in [-0.25, -0.2) is 13.2 Å². The van der Waals surface area contributed by atoms with E-state index in [1.54, 1.807) is 0 Å². The Bertz CT molecular complexity index is 831. The summed E-state index contributed by atoms with van der Waals surface area (Å²) in [7, 11) is 0. The normalized spacial score (nSPS) is 14.3. The molecule has 0 spiro atoms. The van der Waals surface area contributed by atoms with Crippen LogP contribution in [0.3, 0.4) is 0 Å². The monoisotopic (exact) mass is 362 g/mol. The largest absolute Gasteiger partial charge is 0.349 e. The zero-order valence-corrected chi connectivity index (χ0v) is 13.8. The van der Waals surface area contributed by atoms with Gasteiger partial charge in [-0.1, -0.05) is 12.8 Å². The Hall–Kier alpha value is -2.83. The summed E-state index contributed by atoms with van der Waals surface area (Å²) in [4.78, 5) is 24.2. The lowest BCUT2D eigenvalue weighted by Crippen LogP contribution is -2.32. The van der Waals surface area contributed by atoms with E-state index in [2.05, 4.69) is 10.6 Å². The summed E-state index contributed by atoms with van der Waals surface area (Å²) in [6.07, 6.45) is 4.16. The Morgan fingerprint density at radius 2 is 1.46 bits per heavy atom. The zero-order chi connectivity index (χ0) is 18.7. The van der Waals surface area contributed by atoms with E-state index < -0.39 is 28.9 Å². The van der Waals surface area contributed by atoms with Crippen molar-refractivity contribution < 1.29 is 22.8 Å². The van der Waals surface area contributed by atoms with E-state index >= 15 is 0 Å². The first kappa shape index (κ1) is 18.0. The van der Waals surface area contributed by atoms with Gasteiger partial charge in [-0.3, -0.25) is 9.59 Å². The van der Waals surface area contributed by atoms with E-state index in [-0.39, 0.29) is 11.9 Å². The molecule has 1 aliphatic carbocycles. The Morgan fingerprint density at radius 1 is 0.846 bits per heavy atom. The van der Waals surface area contributed by atoms with Gasteiger partial charge in [0.25, 0.3) is 11.8 Å². The van der Waals surface area contributed by atoms with Gasteiger partial charge in [0.1, 0.15) is 5.82 Å². The molecule has 0 heterocycles. The van der Waals surface area contributed by atoms with Crippen LogP contribution in [0.2, 0.25) is 0 Å². The predicted octanol–water partition coefficient (Wildman–Crippen LogP) is 4.03. The lowest BCUT2D eigenvalue weighted by atomic mass is 10.1. The van der Waals surface area contributed by atoms with Crippen molar-refractivity contribution in [2.75, 3.05) is 5.32 Å². The van der Waals surface area contributed by atoms with Crippen LogP contribution < -0.4 is 10.6 Å². The molecule has 0 unspecified atom stereocenters. The lowest BCUT2D eigenvalue weighted by Gasteiger charge is -2.12. The minimum absolute atomic E-state index is 0.193. The molecule has 2 amide bonds. The van der Waals surface area contributed by atoms with Crippen LogP contribution in [0.1, 0.15) is 46.4 Å². The van der Waals surface area contributed by atoms with Crippen molar-refractivity contribution in [1.29, 1.82) is 0 Å². The number of halogens is 3. The first-order chi connectivity index (χ1) is 12.4. The summed E-state index contributed by atoms with van der Waals surface area (Å²) in [5, 5.41) is 5.33. The summed E-state index contributed by atoms with van der Waals surface area (Å²) in [6, 6.07) is 7.05. The van der Waals surface area contributed by atoms with Gasteiger partial charge in [0, 0.05) is 23.4 Å². The maximum atomic E-state index is 13.6. The fourth-order valence-electron chi connectivity index (χ4n) is 2.94. The molecule has 0 atom stereocenters. The summed E-state index contributed by atoms with van der Waals surface area (Å²) in [5.74, 6) is -4.94. The molecule has 26 heavy (non-hydrogen) atoms. The van der Waals surface area contributed by atoms with Crippen LogP contribution in [0.15, 0.2) is 36.4 Å². The van der Waals surface area contributed by atoms with Crippen molar-refractivity contribution in [3.05, 3.63) is 65.0 Å². The molecule has 2 N–H and O–H groups in total. The molecule has 0 aliphatic heterocycles. The van der Waals surface area contributed by atoms with E-state index in [1.807, 2.05) is 0 Å². The summed E-state index contributed by atoms with van der Waals surface area (Å²) in [5.41, 5.74) is 0.136. The molecule has 1 saturated carbocycles. The minimum atomic E-state index is -1.36. The summed E-state index contributed by atoms with van der Waals surface area (Å²) < 4.78 is 39.8. The molecule has 4 nitrogen and oxygen atoms in total. The smallest absolute Gasteiger partial charge is 0.258 e. The van der Waals surface area contributed by atoms with Crippen molar-refractivity contribution >= 4 is 17.5 Å². The highest BCUT2D eigenvalue weighted by Gasteiger charge is 2.19. The third kappa shape index (κ3) is 4.04. The summed E-state index contributed by atoms with van der Waals surface area (Å²) in [6.45, 7) is 0. The number of anilines is 1. The van der Waals surface area contributed by atoms with Crippen LogP contribution in [-0.2, 0) is 0 Å². The fraction of sp³-hybridized carbons (Fsp3) is 0.263. The van der Waals surface area contributed by atoms with Crippen LogP contribution in [0.4, 0.5) is 18.9 Å². The van der Waals surface area contributed by atoms with Gasteiger partial charge in [-0.05, 0) is 43.2 Å². The van der Waals surface area contributed by atoms with Crippen molar-refractivity contribution in [2.24, 2.45) is 0 Å². The predicted molar refractivity (Wildman–Crippen MR) is 90.4 cm³/mol. The number of benzene rings is 2. The van der Waals surface area contributed by atoms with Crippen LogP contribution in [-0.4, -0.2) is 17.9 Å². The minimum Gasteiger partial charge on any atom is -0.349 e. The number of nitrogens with one attached hydrogen (secondary N) is 2. The second-order valence-electron chi connectivity index (χ2n) is 6.23. The Labute approximate surface area is 148 Å². The highest BCUT2D eigenvalue weighted by Crippen LogP contribution is 2.19. The van der Waals surface area contributed by atoms with E-state index in [0.29, 0.717) is 23.4 Å². The third-order valence-corrected chi connectivity index (χ3v) is 4.35. The van der Waals surface area contributed by atoms with E-state index in [0.717, 1.165) is 25.7 Å². The van der Waals surface area contributed by atoms with Crippen molar-refractivity contribution in [2.45, 2.75) is 31.7 Å². The molecular formula is C19H17F3N2O2. The summed E-state index contributed by atoms with van der Waals surface area (Å²) >= 11 is 0. The number of hydrogen-bond acceptors (Lipinski definition) is 2. The Kier molecular flexibility index (Phi) is 5.25. The molecule has 0 saturated heterocycles. The molecule has 0 bridgehead atoms. The Balaban J connectivity index is 1.66. The van der Waals surface area contributed by atoms with Gasteiger partial charge in [0.15, 0.2) is 11.6 Å². The molecule has 136 valence electrons. The van der Waals surface area contributed by atoms with Gasteiger partial charge in [0.2, 0.25) is 0 Å². The molecule has 0 radical (unpaired) electrons. The van der Waals surface area contributed by atoms with E-state index in [4.69, 9.17) is 0 Å². The third-order valence-electron chi connectivity index (χ3n) is 4.35. The number of hydrogen-bond donors (Lipinski definition) is 2. The quantitative estimate of drug-likeness (QED) is 0.807. The average molecular weight is 362 g/mol. The van der Waals surface area contributed by atoms with Crippen LogP contribution >= 0.6 is 0 Å². The number of amides is 2. The zero-order valence-electron chi connectivity index (χ0n) is 13.8. The molecular weight excluding hydrogens is 345 g/mol. The first-order valence-corrected chi connectivity index (χ1v) is 8.31. The fourth-order valence-corrected chi connectivity index (χ4v) is 2.94. The van der Waals surface area contributed by atoms with Gasteiger partial charge in [0.05, 0.1) is 5.56 Å². The maximum absolute atomic E-state index is 13.6. The number of rotatable bonds is 4. The maximum Gasteiger partial charge on any atom is 0.258 e. The molecule has 1 aliphatic rings. The topological polar surface area (TPSA) is 58.2 Å². The lowest BCUT2D eigenvalue weighted by molar-refractivity contribution is 0.0937. The second kappa shape index (κ2) is 7.59. The standard InChI is InChI=1S/C19H17F3N2O2/c20-15-10-17(22)16(21)9-14(15)19(26)24-13-7-5-11(6-8-13)18(25)23-12-3-1-2-4-12/h5-10,12H,1-4H2,(H,23,25)(H,24,26). The second-order valence-corrected chi connectivity index (χ2v) is 6.23. The van der Waals surface area contributed by atoms with Crippen molar-refractivity contribution in [3.8, 4) is 0 Å². The molecule has 3 rings (SSSR count). The molecule has 0 aromatic heterocycles. The van der Waals surface area contributed by atoms with Crippen molar-refractivity contribution in [3.63, 3.8) is 0 Å². The van der Waals surface area contributed by atoms with Crippen LogP contribution in [0.5, 0.6) is 0 Å². The SMILES string of the molecule is O=C(NC1CCCC1)c1ccc(NC(=O)c2cc(F)c(F)cc2F)cc1. The Morgan fingerprint density at radius 3 is 2.12 bits per heavy atom. The highest BCUT2D eigenvalue weighted by molar-refractivity contribution is 6.04. The van der Waals surface area contributed by atoms with Crippen LogP contribution in [0.25, 0.3) is 0 Å². The van der Waals surface area contributed by atoms with Crippen molar-refractivity contribution in [1.82, 2.24) is 5.32 Å². The van der Waals surface area contributed by atoms with Crippen LogP contribution in [0, 0.1) is 17.5 Å². The van der Waals surface area contributed by atoms with Gasteiger partial charge >= 0.3 is 0 Å².